The van der Waals surface area contributed by atoms with Crippen LogP contribution in [0.15, 0.2) is 24.3 Å². The minimum atomic E-state index is 0.237. The Bertz CT molecular complexity index is 375. The van der Waals surface area contributed by atoms with Crippen molar-refractivity contribution in [3.05, 3.63) is 29.8 Å². The van der Waals surface area contributed by atoms with E-state index in [0.29, 0.717) is 11.3 Å². The Balaban J connectivity index is 2.09. The zero-order valence-corrected chi connectivity index (χ0v) is 12.4. The van der Waals surface area contributed by atoms with Crippen LogP contribution in [0.4, 0.5) is 5.69 Å². The molecule has 1 aliphatic heterocycles. The molecule has 1 aromatic rings. The quantitative estimate of drug-likeness (QED) is 0.910. The Morgan fingerprint density at radius 3 is 2.61 bits per heavy atom. The second kappa shape index (κ2) is 5.98. The van der Waals surface area contributed by atoms with Crippen LogP contribution in [0.3, 0.4) is 0 Å². The molecule has 2 rings (SSSR count). The van der Waals surface area contributed by atoms with Gasteiger partial charge in [-0.15, -0.1) is 0 Å². The number of hydrogen-bond donors (Lipinski definition) is 1. The van der Waals surface area contributed by atoms with Crippen molar-refractivity contribution in [2.75, 3.05) is 17.2 Å². The van der Waals surface area contributed by atoms with Crippen LogP contribution in [0.25, 0.3) is 0 Å². The highest BCUT2D eigenvalue weighted by Gasteiger charge is 2.25. The largest absolute Gasteiger partial charge is 0.367 e. The standard InChI is InChI=1S/C15H24N2S/c1-11(16)10-14-4-6-15(7-5-14)17-8-9-18-13(3)12(17)2/h4-7,11-13H,8-10,16H2,1-3H3. The monoisotopic (exact) mass is 264 g/mol. The topological polar surface area (TPSA) is 29.3 Å². The molecule has 0 bridgehead atoms. The van der Waals surface area contributed by atoms with E-state index in [1.165, 1.54) is 17.0 Å². The van der Waals surface area contributed by atoms with Gasteiger partial charge >= 0.3 is 0 Å². The van der Waals surface area contributed by atoms with Crippen molar-refractivity contribution in [3.8, 4) is 0 Å². The normalized spacial score (nSPS) is 26.1. The molecular weight excluding hydrogens is 240 g/mol. The van der Waals surface area contributed by atoms with E-state index in [2.05, 4.69) is 61.7 Å². The van der Waals surface area contributed by atoms with Gasteiger partial charge in [0, 0.05) is 35.3 Å². The summed E-state index contributed by atoms with van der Waals surface area (Å²) in [5, 5.41) is 0.711. The predicted octanol–water partition coefficient (Wildman–Crippen LogP) is 2.91. The first-order valence-electron chi connectivity index (χ1n) is 6.80. The van der Waals surface area contributed by atoms with Crippen LogP contribution in [0.2, 0.25) is 0 Å². The van der Waals surface area contributed by atoms with Crippen molar-refractivity contribution >= 4 is 17.4 Å². The fourth-order valence-electron chi connectivity index (χ4n) is 2.49. The fourth-order valence-corrected chi connectivity index (χ4v) is 3.59. The molecule has 3 atom stereocenters. The Morgan fingerprint density at radius 2 is 2.00 bits per heavy atom. The maximum Gasteiger partial charge on any atom is 0.0378 e. The van der Waals surface area contributed by atoms with Crippen molar-refractivity contribution in [3.63, 3.8) is 0 Å². The van der Waals surface area contributed by atoms with Crippen LogP contribution in [0, 0.1) is 0 Å². The molecule has 2 N–H and O–H groups in total. The number of thioether (sulfide) groups is 1. The second-order valence-corrected chi connectivity index (χ2v) is 6.84. The molecule has 0 aliphatic carbocycles. The third kappa shape index (κ3) is 3.21. The summed E-state index contributed by atoms with van der Waals surface area (Å²) in [6.45, 7) is 7.86. The molecule has 0 aromatic heterocycles. The van der Waals surface area contributed by atoms with E-state index < -0.39 is 0 Å². The van der Waals surface area contributed by atoms with E-state index in [1.54, 1.807) is 0 Å². The Hall–Kier alpha value is -0.670. The summed E-state index contributed by atoms with van der Waals surface area (Å²) in [4.78, 5) is 2.52. The average molecular weight is 264 g/mol. The summed E-state index contributed by atoms with van der Waals surface area (Å²) in [6, 6.07) is 9.79. The zero-order valence-electron chi connectivity index (χ0n) is 11.6. The first-order valence-corrected chi connectivity index (χ1v) is 7.85. The predicted molar refractivity (Wildman–Crippen MR) is 82.5 cm³/mol. The molecule has 3 unspecified atom stereocenters. The van der Waals surface area contributed by atoms with Crippen LogP contribution < -0.4 is 10.6 Å². The number of benzene rings is 1. The van der Waals surface area contributed by atoms with Gasteiger partial charge in [0.15, 0.2) is 0 Å². The summed E-state index contributed by atoms with van der Waals surface area (Å²) in [7, 11) is 0. The molecule has 1 aliphatic rings. The molecule has 100 valence electrons. The van der Waals surface area contributed by atoms with Gasteiger partial charge in [0.2, 0.25) is 0 Å². The van der Waals surface area contributed by atoms with Gasteiger partial charge in [0.1, 0.15) is 0 Å². The summed E-state index contributed by atoms with van der Waals surface area (Å²) in [6.07, 6.45) is 0.960. The van der Waals surface area contributed by atoms with Gasteiger partial charge in [-0.3, -0.25) is 0 Å². The van der Waals surface area contributed by atoms with Crippen LogP contribution in [-0.4, -0.2) is 29.6 Å². The number of nitrogens with two attached hydrogens (primary N) is 1. The molecule has 0 radical (unpaired) electrons. The van der Waals surface area contributed by atoms with Crippen LogP contribution in [0.1, 0.15) is 26.3 Å². The lowest BCUT2D eigenvalue weighted by molar-refractivity contribution is 0.627. The van der Waals surface area contributed by atoms with Gasteiger partial charge in [0.25, 0.3) is 0 Å². The summed E-state index contributed by atoms with van der Waals surface area (Å²) >= 11 is 2.08. The molecule has 3 heteroatoms. The van der Waals surface area contributed by atoms with Crippen LogP contribution in [0.5, 0.6) is 0 Å². The molecule has 18 heavy (non-hydrogen) atoms. The minimum absolute atomic E-state index is 0.237. The molecular formula is C15H24N2S. The van der Waals surface area contributed by atoms with Gasteiger partial charge in [-0.25, -0.2) is 0 Å². The van der Waals surface area contributed by atoms with Gasteiger partial charge in [-0.1, -0.05) is 19.1 Å². The molecule has 1 heterocycles. The van der Waals surface area contributed by atoms with E-state index in [4.69, 9.17) is 5.73 Å². The minimum Gasteiger partial charge on any atom is -0.367 e. The Labute approximate surface area is 115 Å². The third-order valence-electron chi connectivity index (χ3n) is 3.71. The lowest BCUT2D eigenvalue weighted by Gasteiger charge is -2.39. The first-order chi connectivity index (χ1) is 8.58. The highest BCUT2D eigenvalue weighted by atomic mass is 32.2. The SMILES string of the molecule is CC(N)Cc1ccc(N2CCSC(C)C2C)cc1. The van der Waals surface area contributed by atoms with Gasteiger partial charge in [-0.2, -0.15) is 11.8 Å². The lowest BCUT2D eigenvalue weighted by Crippen LogP contribution is -2.44. The Morgan fingerprint density at radius 1 is 1.33 bits per heavy atom. The highest BCUT2D eigenvalue weighted by Crippen LogP contribution is 2.29. The smallest absolute Gasteiger partial charge is 0.0378 e. The number of hydrogen-bond acceptors (Lipinski definition) is 3. The molecule has 0 spiro atoms. The molecule has 1 saturated heterocycles. The van der Waals surface area contributed by atoms with Gasteiger partial charge in [-0.05, 0) is 38.0 Å². The van der Waals surface area contributed by atoms with E-state index >= 15 is 0 Å². The van der Waals surface area contributed by atoms with Crippen molar-refractivity contribution in [1.29, 1.82) is 0 Å². The van der Waals surface area contributed by atoms with Gasteiger partial charge < -0.3 is 10.6 Å². The van der Waals surface area contributed by atoms with E-state index in [-0.39, 0.29) is 6.04 Å². The van der Waals surface area contributed by atoms with Crippen LogP contribution in [-0.2, 0) is 6.42 Å². The number of nitrogens with zero attached hydrogens (tertiary/aromatic N) is 1. The van der Waals surface area contributed by atoms with Crippen molar-refractivity contribution < 1.29 is 0 Å². The maximum atomic E-state index is 5.83. The highest BCUT2D eigenvalue weighted by molar-refractivity contribution is 8.00. The summed E-state index contributed by atoms with van der Waals surface area (Å²) in [5.41, 5.74) is 8.52. The third-order valence-corrected chi connectivity index (χ3v) is 5.05. The lowest BCUT2D eigenvalue weighted by atomic mass is 10.1. The zero-order chi connectivity index (χ0) is 13.1. The second-order valence-electron chi connectivity index (χ2n) is 5.36. The van der Waals surface area contributed by atoms with Crippen molar-refractivity contribution in [2.45, 2.75) is 44.5 Å². The fraction of sp³-hybridized carbons (Fsp3) is 0.600. The Kier molecular flexibility index (Phi) is 4.57. The molecule has 0 saturated carbocycles. The van der Waals surface area contributed by atoms with Crippen LogP contribution >= 0.6 is 11.8 Å². The van der Waals surface area contributed by atoms with Gasteiger partial charge in [0.05, 0.1) is 0 Å². The molecule has 1 fully saturated rings. The molecule has 1 aromatic carbocycles. The van der Waals surface area contributed by atoms with E-state index in [1.807, 2.05) is 0 Å². The molecule has 0 amide bonds. The first kappa shape index (κ1) is 13.8. The average Bonchev–Trinajstić information content (AvgIpc) is 2.33. The summed E-state index contributed by atoms with van der Waals surface area (Å²) in [5.74, 6) is 1.23. The summed E-state index contributed by atoms with van der Waals surface area (Å²) < 4.78 is 0. The molecule has 2 nitrogen and oxygen atoms in total. The number of rotatable bonds is 3. The number of anilines is 1. The van der Waals surface area contributed by atoms with E-state index in [0.717, 1.165) is 13.0 Å². The van der Waals surface area contributed by atoms with E-state index in [9.17, 15) is 0 Å². The maximum absolute atomic E-state index is 5.83. The van der Waals surface area contributed by atoms with Crippen molar-refractivity contribution in [1.82, 2.24) is 0 Å². The van der Waals surface area contributed by atoms with Crippen molar-refractivity contribution in [2.24, 2.45) is 5.73 Å².